The van der Waals surface area contributed by atoms with Crippen molar-refractivity contribution in [1.29, 1.82) is 0 Å². The lowest BCUT2D eigenvalue weighted by Crippen LogP contribution is -2.33. The molecule has 7 aliphatic rings. The Labute approximate surface area is 350 Å². The molecule has 0 amide bonds. The van der Waals surface area contributed by atoms with Gasteiger partial charge in [-0.2, -0.15) is 0 Å². The van der Waals surface area contributed by atoms with Crippen LogP contribution < -0.4 is 0 Å². The van der Waals surface area contributed by atoms with Gasteiger partial charge in [0.25, 0.3) is 0 Å². The molecule has 0 saturated carbocycles. The molecule has 0 radical (unpaired) electrons. The number of pyridine rings is 1. The third kappa shape index (κ3) is 6.71. The van der Waals surface area contributed by atoms with Crippen LogP contribution in [-0.2, 0) is 12.8 Å². The first-order valence-corrected chi connectivity index (χ1v) is 22.3. The first-order valence-electron chi connectivity index (χ1n) is 22.3. The molecule has 7 unspecified atom stereocenters. The van der Waals surface area contributed by atoms with Crippen molar-refractivity contribution in [3.63, 3.8) is 0 Å². The Hall–Kier alpha value is -5.73. The molecule has 0 spiro atoms. The fourth-order valence-electron chi connectivity index (χ4n) is 11.8. The third-order valence-electron chi connectivity index (χ3n) is 14.8. The first-order chi connectivity index (χ1) is 29.2. The van der Waals surface area contributed by atoms with E-state index < -0.39 is 0 Å². The Morgan fingerprint density at radius 1 is 0.695 bits per heavy atom. The Balaban J connectivity index is 0.913. The topological polar surface area (TPSA) is 17.8 Å². The van der Waals surface area contributed by atoms with Crippen LogP contribution in [0.5, 0.6) is 0 Å². The van der Waals surface area contributed by atoms with Gasteiger partial charge in [0.15, 0.2) is 0 Å². The summed E-state index contributed by atoms with van der Waals surface area (Å²) >= 11 is 0. The molecule has 292 valence electrons. The van der Waals surface area contributed by atoms with Gasteiger partial charge >= 0.3 is 0 Å². The summed E-state index contributed by atoms with van der Waals surface area (Å²) in [6, 6.07) is 23.0. The summed E-state index contributed by atoms with van der Waals surface area (Å²) in [5, 5.41) is 0. The van der Waals surface area contributed by atoms with E-state index in [4.69, 9.17) is 0 Å². The summed E-state index contributed by atoms with van der Waals surface area (Å²) in [6.45, 7) is 2.52. The van der Waals surface area contributed by atoms with Crippen LogP contribution in [0.1, 0.15) is 113 Å². The zero-order valence-corrected chi connectivity index (χ0v) is 34.2. The average molecular weight is 767 g/mol. The molecule has 2 nitrogen and oxygen atoms in total. The van der Waals surface area contributed by atoms with E-state index in [-0.39, 0.29) is 0 Å². The third-order valence-corrected chi connectivity index (χ3v) is 14.8. The largest absolute Gasteiger partial charge is 0.320 e. The number of hydrogen-bond acceptors (Lipinski definition) is 1. The molecule has 0 fully saturated rings. The van der Waals surface area contributed by atoms with Gasteiger partial charge < -0.3 is 4.57 Å². The van der Waals surface area contributed by atoms with E-state index in [9.17, 15) is 0 Å². The standard InChI is InChI=1S/C57H54N2/c1-38-49-25-23-44(36-55(49)51-20-9-8-19-50(51)54(38)32-39-13-12-18-43(31-39)40-14-4-2-5-15-40)45-24-26-53-52-21-10-11-22-56(52)59(57(53)37-45)48-34-46(41-16-6-3-7-17-41)33-47(35-48)42-27-29-58-30-28-42/h2-10,12-14,16-21,23-30,33,35-36,38-40,45-46,50-51,54H,11,15,22,31-32,34,37H2,1H3/t38-,39?,40?,45?,46?,50?,51?,54?/m0/s1. The highest BCUT2D eigenvalue weighted by atomic mass is 15.0. The van der Waals surface area contributed by atoms with Gasteiger partial charge in [-0.3, -0.25) is 4.98 Å². The second-order valence-electron chi connectivity index (χ2n) is 18.1. The van der Waals surface area contributed by atoms with Crippen LogP contribution in [0.15, 0.2) is 170 Å². The van der Waals surface area contributed by atoms with Crippen LogP contribution in [0.4, 0.5) is 0 Å². The Bertz CT molecular complexity index is 2580. The number of aromatic nitrogens is 2. The average Bonchev–Trinajstić information content (AvgIpc) is 3.65. The van der Waals surface area contributed by atoms with E-state index in [1.807, 2.05) is 12.4 Å². The number of fused-ring (bicyclic) bond motifs is 6. The molecule has 7 aliphatic carbocycles. The minimum Gasteiger partial charge on any atom is -0.320 e. The highest BCUT2D eigenvalue weighted by Crippen LogP contribution is 2.53. The fourth-order valence-corrected chi connectivity index (χ4v) is 11.8. The molecule has 2 heterocycles. The van der Waals surface area contributed by atoms with Gasteiger partial charge in [-0.15, -0.1) is 0 Å². The van der Waals surface area contributed by atoms with Gasteiger partial charge in [0.05, 0.1) is 0 Å². The molecule has 0 bridgehead atoms. The lowest BCUT2D eigenvalue weighted by Gasteiger charge is -2.44. The van der Waals surface area contributed by atoms with Gasteiger partial charge in [-0.1, -0.05) is 158 Å². The molecule has 2 heteroatoms. The van der Waals surface area contributed by atoms with E-state index in [1.54, 1.807) is 16.7 Å². The van der Waals surface area contributed by atoms with E-state index in [1.165, 1.54) is 63.3 Å². The first kappa shape index (κ1) is 36.4. The summed E-state index contributed by atoms with van der Waals surface area (Å²) in [6.07, 6.45) is 52.4. The fraction of sp³-hybridized carbons (Fsp3) is 0.281. The monoisotopic (exact) mass is 766 g/mol. The maximum atomic E-state index is 4.35. The van der Waals surface area contributed by atoms with Crippen LogP contribution in [0.2, 0.25) is 0 Å². The molecule has 59 heavy (non-hydrogen) atoms. The smallest absolute Gasteiger partial charge is 0.0314 e. The maximum absolute atomic E-state index is 4.35. The minimum absolute atomic E-state index is 0.304. The number of rotatable bonds is 7. The molecular weight excluding hydrogens is 713 g/mol. The summed E-state index contributed by atoms with van der Waals surface area (Å²) in [5.41, 5.74) is 17.3. The molecule has 2 aromatic carbocycles. The van der Waals surface area contributed by atoms with Crippen LogP contribution in [0, 0.1) is 23.7 Å². The number of allylic oxidation sites excluding steroid dienone is 18. The Kier molecular flexibility index (Phi) is 9.53. The van der Waals surface area contributed by atoms with Crippen LogP contribution in [0.25, 0.3) is 23.4 Å². The van der Waals surface area contributed by atoms with Crippen molar-refractivity contribution in [3.8, 4) is 0 Å². The summed E-state index contributed by atoms with van der Waals surface area (Å²) in [4.78, 5) is 4.35. The number of nitrogens with zero attached hydrogens (tertiary/aromatic N) is 2. The van der Waals surface area contributed by atoms with Crippen molar-refractivity contribution in [2.24, 2.45) is 23.7 Å². The van der Waals surface area contributed by atoms with Crippen molar-refractivity contribution in [1.82, 2.24) is 9.55 Å². The van der Waals surface area contributed by atoms with Crippen molar-refractivity contribution in [2.75, 3.05) is 0 Å². The highest BCUT2D eigenvalue weighted by molar-refractivity contribution is 5.84. The lowest BCUT2D eigenvalue weighted by atomic mass is 9.60. The molecule has 2 aromatic heterocycles. The Morgan fingerprint density at radius 2 is 1.56 bits per heavy atom. The summed E-state index contributed by atoms with van der Waals surface area (Å²) < 4.78 is 2.71. The molecule has 0 aliphatic heterocycles. The second kappa shape index (κ2) is 15.5. The van der Waals surface area contributed by atoms with Crippen LogP contribution >= 0.6 is 0 Å². The van der Waals surface area contributed by atoms with E-state index in [2.05, 4.69) is 180 Å². The lowest BCUT2D eigenvalue weighted by molar-refractivity contribution is 0.248. The predicted octanol–water partition coefficient (Wildman–Crippen LogP) is 13.9. The van der Waals surface area contributed by atoms with Gasteiger partial charge in [0.2, 0.25) is 0 Å². The van der Waals surface area contributed by atoms with Crippen molar-refractivity contribution in [2.45, 2.75) is 75.5 Å². The summed E-state index contributed by atoms with van der Waals surface area (Å²) in [5.74, 6) is 3.87. The number of benzene rings is 2. The van der Waals surface area contributed by atoms with Crippen molar-refractivity contribution < 1.29 is 0 Å². The van der Waals surface area contributed by atoms with Crippen molar-refractivity contribution >= 4 is 23.4 Å². The molecule has 4 aromatic rings. The zero-order chi connectivity index (χ0) is 39.3. The Morgan fingerprint density at radius 3 is 2.44 bits per heavy atom. The quantitative estimate of drug-likeness (QED) is 0.183. The van der Waals surface area contributed by atoms with Gasteiger partial charge in [0.1, 0.15) is 0 Å². The SMILES string of the molecule is C[C@H]1c2ccc(C3C=Cc4c5c(n(C6=CC(c7ccncc7)=CC(c7ccccc7)C6)c4C3)CCC=C5)cc2C2C=CC=CC2C1CC1C=CC=C(C2C=CC=CC2)C1. The molecule has 11 rings (SSSR count). The van der Waals surface area contributed by atoms with Crippen LogP contribution in [0.3, 0.4) is 0 Å². The molecular formula is C57H54N2. The predicted molar refractivity (Wildman–Crippen MR) is 247 cm³/mol. The van der Waals surface area contributed by atoms with E-state index in [0.717, 1.165) is 32.1 Å². The minimum atomic E-state index is 0.304. The maximum Gasteiger partial charge on any atom is 0.0314 e. The molecule has 8 atom stereocenters. The normalized spacial score (nSPS) is 28.6. The van der Waals surface area contributed by atoms with Gasteiger partial charge in [-0.25, -0.2) is 0 Å². The highest BCUT2D eigenvalue weighted by Gasteiger charge is 2.41. The second-order valence-corrected chi connectivity index (χ2v) is 18.1. The van der Waals surface area contributed by atoms with E-state index >= 15 is 0 Å². The van der Waals surface area contributed by atoms with E-state index in [0.29, 0.717) is 47.3 Å². The zero-order valence-electron chi connectivity index (χ0n) is 34.2. The van der Waals surface area contributed by atoms with Crippen LogP contribution in [-0.4, -0.2) is 9.55 Å². The van der Waals surface area contributed by atoms with Gasteiger partial charge in [0, 0.05) is 64.3 Å². The summed E-state index contributed by atoms with van der Waals surface area (Å²) in [7, 11) is 0. The molecule has 0 N–H and O–H groups in total. The molecule has 0 saturated heterocycles. The van der Waals surface area contributed by atoms with Crippen molar-refractivity contribution in [3.05, 3.63) is 220 Å². The number of hydrogen-bond donors (Lipinski definition) is 0. The van der Waals surface area contributed by atoms with Gasteiger partial charge in [-0.05, 0) is 120 Å².